The Balaban J connectivity index is 2.99. The van der Waals surface area contributed by atoms with Crippen molar-refractivity contribution in [2.24, 2.45) is 0 Å². The van der Waals surface area contributed by atoms with Gasteiger partial charge >= 0.3 is 0 Å². The zero-order valence-electron chi connectivity index (χ0n) is 7.95. The molecule has 0 saturated carbocycles. The van der Waals surface area contributed by atoms with Gasteiger partial charge in [0.25, 0.3) is 10.3 Å². The number of hydrogen-bond donors (Lipinski definition) is 4. The molecule has 0 aromatic heterocycles. The monoisotopic (exact) mass is 236 g/mol. The molecule has 0 rings (SSSR count). The number of aliphatic hydroxyl groups is 2. The third-order valence-electron chi connectivity index (χ3n) is 1.66. The standard InChI is InChI=1S/C8H16N2O2S2/c11-7(13)9-5-3-1-2-4-6-10-8(12)14/h1-6H2,(H2,9,11,13)(H2,10,12,14). The molecule has 0 amide bonds. The molecule has 0 bridgehead atoms. The van der Waals surface area contributed by atoms with Gasteiger partial charge in [-0.1, -0.05) is 12.8 Å². The Morgan fingerprint density at radius 1 is 0.786 bits per heavy atom. The first-order valence-corrected chi connectivity index (χ1v) is 5.38. The second kappa shape index (κ2) is 8.96. The average Bonchev–Trinajstić information content (AvgIpc) is 2.08. The zero-order valence-corrected chi connectivity index (χ0v) is 9.59. The van der Waals surface area contributed by atoms with E-state index in [-0.39, 0.29) is 10.3 Å². The third-order valence-corrected chi connectivity index (χ3v) is 1.94. The highest BCUT2D eigenvalue weighted by Gasteiger charge is 1.92. The maximum atomic E-state index is 8.62. The molecular weight excluding hydrogens is 220 g/mol. The Morgan fingerprint density at radius 3 is 1.43 bits per heavy atom. The van der Waals surface area contributed by atoms with E-state index in [2.05, 4.69) is 35.1 Å². The first-order chi connectivity index (χ1) is 6.63. The summed E-state index contributed by atoms with van der Waals surface area (Å²) in [4.78, 5) is 0. The lowest BCUT2D eigenvalue weighted by atomic mass is 10.2. The van der Waals surface area contributed by atoms with Gasteiger partial charge in [-0.05, 0) is 37.3 Å². The lowest BCUT2D eigenvalue weighted by Crippen LogP contribution is -2.22. The first-order valence-electron chi connectivity index (χ1n) is 4.56. The SMILES string of the molecule is OC(=S)NCCCCCCNC(O)=S. The highest BCUT2D eigenvalue weighted by atomic mass is 32.1. The summed E-state index contributed by atoms with van der Waals surface area (Å²) in [6, 6.07) is 0. The first kappa shape index (κ1) is 13.4. The lowest BCUT2D eigenvalue weighted by Gasteiger charge is -2.03. The molecule has 0 saturated heterocycles. The molecule has 0 atom stereocenters. The Hall–Kier alpha value is -0.620. The van der Waals surface area contributed by atoms with E-state index in [1.165, 1.54) is 0 Å². The van der Waals surface area contributed by atoms with Crippen molar-refractivity contribution in [3.63, 3.8) is 0 Å². The van der Waals surface area contributed by atoms with Crippen molar-refractivity contribution in [2.45, 2.75) is 25.7 Å². The molecule has 0 aliphatic carbocycles. The molecule has 0 aromatic rings. The van der Waals surface area contributed by atoms with Crippen LogP contribution in [0.5, 0.6) is 0 Å². The van der Waals surface area contributed by atoms with Gasteiger partial charge in [-0.25, -0.2) is 0 Å². The van der Waals surface area contributed by atoms with Crippen LogP contribution in [0, 0.1) is 0 Å². The number of thiocarbonyl (C=S) groups is 2. The van der Waals surface area contributed by atoms with Crippen molar-refractivity contribution in [1.29, 1.82) is 0 Å². The topological polar surface area (TPSA) is 64.5 Å². The smallest absolute Gasteiger partial charge is 0.254 e. The Bertz CT molecular complexity index is 168. The molecule has 0 heterocycles. The van der Waals surface area contributed by atoms with Crippen molar-refractivity contribution in [3.05, 3.63) is 0 Å². The van der Waals surface area contributed by atoms with Gasteiger partial charge in [0.1, 0.15) is 0 Å². The predicted molar refractivity (Wildman–Crippen MR) is 64.9 cm³/mol. The molecule has 6 heteroatoms. The molecule has 82 valence electrons. The van der Waals surface area contributed by atoms with E-state index >= 15 is 0 Å². The van der Waals surface area contributed by atoms with Crippen LogP contribution in [0.25, 0.3) is 0 Å². The van der Waals surface area contributed by atoms with Gasteiger partial charge in [0.2, 0.25) is 0 Å². The second-order valence-corrected chi connectivity index (χ2v) is 3.65. The molecule has 0 aliphatic rings. The fourth-order valence-electron chi connectivity index (χ4n) is 0.994. The van der Waals surface area contributed by atoms with Crippen molar-refractivity contribution in [2.75, 3.05) is 13.1 Å². The fourth-order valence-corrected chi connectivity index (χ4v) is 1.20. The minimum Gasteiger partial charge on any atom is -0.487 e. The maximum Gasteiger partial charge on any atom is 0.254 e. The van der Waals surface area contributed by atoms with E-state index in [1.807, 2.05) is 0 Å². The minimum absolute atomic E-state index is 0.141. The van der Waals surface area contributed by atoms with Gasteiger partial charge in [0.15, 0.2) is 0 Å². The van der Waals surface area contributed by atoms with Crippen LogP contribution in [-0.4, -0.2) is 33.7 Å². The van der Waals surface area contributed by atoms with E-state index in [9.17, 15) is 0 Å². The van der Waals surface area contributed by atoms with Gasteiger partial charge in [0.05, 0.1) is 0 Å². The number of rotatable bonds is 7. The van der Waals surface area contributed by atoms with Crippen LogP contribution in [0.2, 0.25) is 0 Å². The largest absolute Gasteiger partial charge is 0.487 e. The zero-order chi connectivity index (χ0) is 10.8. The van der Waals surface area contributed by atoms with E-state index in [1.54, 1.807) is 0 Å². The molecule has 0 radical (unpaired) electrons. The van der Waals surface area contributed by atoms with E-state index in [4.69, 9.17) is 10.2 Å². The summed E-state index contributed by atoms with van der Waals surface area (Å²) < 4.78 is 0. The van der Waals surface area contributed by atoms with Crippen LogP contribution in [-0.2, 0) is 0 Å². The summed E-state index contributed by atoms with van der Waals surface area (Å²) in [6.07, 6.45) is 4.08. The van der Waals surface area contributed by atoms with Gasteiger partial charge in [-0.3, -0.25) is 0 Å². The molecule has 0 aliphatic heterocycles. The van der Waals surface area contributed by atoms with Gasteiger partial charge in [-0.15, -0.1) is 0 Å². The second-order valence-electron chi connectivity index (χ2n) is 2.88. The van der Waals surface area contributed by atoms with Gasteiger partial charge < -0.3 is 20.8 Å². The van der Waals surface area contributed by atoms with Crippen molar-refractivity contribution in [1.82, 2.24) is 10.6 Å². The highest BCUT2D eigenvalue weighted by Crippen LogP contribution is 1.97. The Morgan fingerprint density at radius 2 is 1.14 bits per heavy atom. The average molecular weight is 236 g/mol. The lowest BCUT2D eigenvalue weighted by molar-refractivity contribution is 0.514. The minimum atomic E-state index is -0.141. The number of hydrogen-bond acceptors (Lipinski definition) is 2. The van der Waals surface area contributed by atoms with Crippen molar-refractivity contribution < 1.29 is 10.2 Å². The molecule has 14 heavy (non-hydrogen) atoms. The normalized spacial score (nSPS) is 9.43. The number of unbranched alkanes of at least 4 members (excludes halogenated alkanes) is 3. The van der Waals surface area contributed by atoms with E-state index in [0.717, 1.165) is 25.7 Å². The van der Waals surface area contributed by atoms with Crippen LogP contribution in [0.3, 0.4) is 0 Å². The molecular formula is C8H16N2O2S2. The van der Waals surface area contributed by atoms with Gasteiger partial charge in [-0.2, -0.15) is 0 Å². The molecule has 0 fully saturated rings. The molecule has 0 spiro atoms. The van der Waals surface area contributed by atoms with E-state index in [0.29, 0.717) is 13.1 Å². The summed E-state index contributed by atoms with van der Waals surface area (Å²) in [5, 5.41) is 22.3. The van der Waals surface area contributed by atoms with E-state index < -0.39 is 0 Å². The predicted octanol–water partition coefficient (Wildman–Crippen LogP) is 1.41. The van der Waals surface area contributed by atoms with Crippen LogP contribution in [0.1, 0.15) is 25.7 Å². The van der Waals surface area contributed by atoms with Crippen LogP contribution in [0.15, 0.2) is 0 Å². The number of aliphatic hydroxyl groups excluding tert-OH is 2. The van der Waals surface area contributed by atoms with Crippen LogP contribution in [0.4, 0.5) is 0 Å². The third kappa shape index (κ3) is 11.4. The molecule has 4 nitrogen and oxygen atoms in total. The Kier molecular flexibility index (Phi) is 8.56. The molecule has 0 aromatic carbocycles. The summed E-state index contributed by atoms with van der Waals surface area (Å²) >= 11 is 8.87. The highest BCUT2D eigenvalue weighted by molar-refractivity contribution is 7.80. The summed E-state index contributed by atoms with van der Waals surface area (Å²) in [6.45, 7) is 1.42. The number of nitrogens with one attached hydrogen (secondary N) is 2. The molecule has 4 N–H and O–H groups in total. The quantitative estimate of drug-likeness (QED) is 0.396. The molecule has 0 unspecified atom stereocenters. The summed E-state index contributed by atoms with van der Waals surface area (Å²) in [7, 11) is 0. The summed E-state index contributed by atoms with van der Waals surface area (Å²) in [5.74, 6) is 0. The fraction of sp³-hybridized carbons (Fsp3) is 0.750. The van der Waals surface area contributed by atoms with Crippen LogP contribution < -0.4 is 10.6 Å². The summed E-state index contributed by atoms with van der Waals surface area (Å²) in [5.41, 5.74) is 0. The Labute approximate surface area is 94.7 Å². The van der Waals surface area contributed by atoms with Crippen LogP contribution >= 0.6 is 24.4 Å². The van der Waals surface area contributed by atoms with Gasteiger partial charge in [0, 0.05) is 13.1 Å². The van der Waals surface area contributed by atoms with Crippen molar-refractivity contribution in [3.8, 4) is 0 Å². The maximum absolute atomic E-state index is 8.62. The van der Waals surface area contributed by atoms with Crippen molar-refractivity contribution >= 4 is 34.8 Å².